The lowest BCUT2D eigenvalue weighted by molar-refractivity contribution is 0.208. The lowest BCUT2D eigenvalue weighted by Crippen LogP contribution is -2.12. The molecule has 0 saturated heterocycles. The highest BCUT2D eigenvalue weighted by Gasteiger charge is 2.24. The van der Waals surface area contributed by atoms with Gasteiger partial charge in [0, 0.05) is 6.04 Å². The van der Waals surface area contributed by atoms with E-state index in [1.165, 1.54) is 11.5 Å². The van der Waals surface area contributed by atoms with Gasteiger partial charge in [-0.25, -0.2) is 0 Å². The molecule has 0 aromatic carbocycles. The Morgan fingerprint density at radius 3 is 2.71 bits per heavy atom. The van der Waals surface area contributed by atoms with Crippen molar-refractivity contribution in [3.8, 4) is 0 Å². The van der Waals surface area contributed by atoms with Crippen LogP contribution in [0.1, 0.15) is 42.3 Å². The number of nitrogens with zero attached hydrogens (tertiary/aromatic N) is 4. The Morgan fingerprint density at radius 2 is 2.18 bits per heavy atom. The Bertz CT molecular complexity index is 522. The molecule has 0 aliphatic carbocycles. The summed E-state index contributed by atoms with van der Waals surface area (Å²) in [4.78, 5) is 0.703. The maximum atomic E-state index is 10.3. The van der Waals surface area contributed by atoms with E-state index in [0.29, 0.717) is 15.6 Å². The number of aliphatic hydroxyl groups excluding tert-OH is 1. The van der Waals surface area contributed by atoms with Gasteiger partial charge >= 0.3 is 0 Å². The van der Waals surface area contributed by atoms with Crippen LogP contribution in [-0.4, -0.2) is 24.5 Å². The van der Waals surface area contributed by atoms with Crippen molar-refractivity contribution in [3.63, 3.8) is 0 Å². The van der Waals surface area contributed by atoms with Gasteiger partial charge in [0.2, 0.25) is 0 Å². The van der Waals surface area contributed by atoms with E-state index in [1.807, 2.05) is 20.8 Å². The molecule has 1 N–H and O–H groups in total. The quantitative estimate of drug-likeness (QED) is 0.932. The molecule has 7 heteroatoms. The van der Waals surface area contributed by atoms with Crippen molar-refractivity contribution in [2.24, 2.45) is 0 Å². The van der Waals surface area contributed by atoms with Gasteiger partial charge in [0.25, 0.3) is 0 Å². The van der Waals surface area contributed by atoms with E-state index in [2.05, 4.69) is 14.7 Å². The molecule has 2 aromatic rings. The summed E-state index contributed by atoms with van der Waals surface area (Å²) in [5.74, 6) is 0. The average molecular weight is 273 g/mol. The standard InChI is InChI=1S/C10H13ClN4OS/c1-5(2)15-8(7(11)4-12-15)9(16)10-6(3)13-14-17-10/h4-5,9,16H,1-3H3. The number of aliphatic hydroxyl groups is 1. The first-order chi connectivity index (χ1) is 8.02. The third-order valence-corrected chi connectivity index (χ3v) is 3.64. The second kappa shape index (κ2) is 4.72. The minimum absolute atomic E-state index is 0.133. The zero-order chi connectivity index (χ0) is 12.6. The minimum atomic E-state index is -0.826. The van der Waals surface area contributed by atoms with Gasteiger partial charge in [0.15, 0.2) is 0 Å². The fraction of sp³-hybridized carbons (Fsp3) is 0.500. The predicted octanol–water partition coefficient (Wildman–Crippen LogP) is 2.36. The van der Waals surface area contributed by atoms with Gasteiger partial charge in [-0.15, -0.1) is 5.10 Å². The zero-order valence-corrected chi connectivity index (χ0v) is 11.3. The Morgan fingerprint density at radius 1 is 1.47 bits per heavy atom. The summed E-state index contributed by atoms with van der Waals surface area (Å²) < 4.78 is 5.53. The van der Waals surface area contributed by atoms with Crippen molar-refractivity contribution >= 4 is 23.1 Å². The number of aromatic nitrogens is 4. The van der Waals surface area contributed by atoms with Gasteiger partial charge in [0.1, 0.15) is 6.10 Å². The molecule has 0 radical (unpaired) electrons. The van der Waals surface area contributed by atoms with Crippen molar-refractivity contribution in [2.45, 2.75) is 32.9 Å². The maximum absolute atomic E-state index is 10.3. The summed E-state index contributed by atoms with van der Waals surface area (Å²) in [6.07, 6.45) is 0.719. The molecule has 2 aromatic heterocycles. The van der Waals surface area contributed by atoms with Gasteiger partial charge in [-0.1, -0.05) is 16.1 Å². The first-order valence-corrected chi connectivity index (χ1v) is 6.37. The second-order valence-electron chi connectivity index (χ2n) is 4.04. The van der Waals surface area contributed by atoms with Crippen LogP contribution in [0, 0.1) is 6.92 Å². The van der Waals surface area contributed by atoms with E-state index in [-0.39, 0.29) is 6.04 Å². The predicted molar refractivity (Wildman–Crippen MR) is 66.3 cm³/mol. The largest absolute Gasteiger partial charge is 0.381 e. The number of hydrogen-bond donors (Lipinski definition) is 1. The van der Waals surface area contributed by atoms with E-state index in [1.54, 1.807) is 10.9 Å². The van der Waals surface area contributed by atoms with E-state index in [4.69, 9.17) is 11.6 Å². The normalized spacial score (nSPS) is 13.3. The molecule has 1 unspecified atom stereocenters. The first-order valence-electron chi connectivity index (χ1n) is 5.22. The number of halogens is 1. The SMILES string of the molecule is Cc1nnsc1C(O)c1c(Cl)cnn1C(C)C. The zero-order valence-electron chi connectivity index (χ0n) is 9.75. The molecule has 0 bridgehead atoms. The van der Waals surface area contributed by atoms with Crippen LogP contribution in [-0.2, 0) is 0 Å². The van der Waals surface area contributed by atoms with Crippen molar-refractivity contribution in [2.75, 3.05) is 0 Å². The van der Waals surface area contributed by atoms with E-state index >= 15 is 0 Å². The van der Waals surface area contributed by atoms with E-state index in [9.17, 15) is 5.11 Å². The highest BCUT2D eigenvalue weighted by Crippen LogP contribution is 2.32. The smallest absolute Gasteiger partial charge is 0.135 e. The van der Waals surface area contributed by atoms with Crippen molar-refractivity contribution < 1.29 is 5.11 Å². The van der Waals surface area contributed by atoms with Crippen LogP contribution >= 0.6 is 23.1 Å². The van der Waals surface area contributed by atoms with Crippen LogP contribution in [0.25, 0.3) is 0 Å². The molecule has 92 valence electrons. The minimum Gasteiger partial charge on any atom is -0.381 e. The molecule has 0 fully saturated rings. The van der Waals surface area contributed by atoms with Crippen molar-refractivity contribution in [3.05, 3.63) is 27.5 Å². The lowest BCUT2D eigenvalue weighted by atomic mass is 10.2. The first kappa shape index (κ1) is 12.5. The molecule has 0 spiro atoms. The molecule has 0 amide bonds. The van der Waals surface area contributed by atoms with Crippen LogP contribution in [0.2, 0.25) is 5.02 Å². The van der Waals surface area contributed by atoms with Gasteiger partial charge in [-0.3, -0.25) is 4.68 Å². The lowest BCUT2D eigenvalue weighted by Gasteiger charge is -2.15. The van der Waals surface area contributed by atoms with Gasteiger partial charge in [-0.2, -0.15) is 5.10 Å². The van der Waals surface area contributed by atoms with Crippen LogP contribution in [0.5, 0.6) is 0 Å². The molecule has 0 aliphatic rings. The molecule has 0 saturated carbocycles. The summed E-state index contributed by atoms with van der Waals surface area (Å²) in [6, 6.07) is 0.133. The summed E-state index contributed by atoms with van der Waals surface area (Å²) in [7, 11) is 0. The molecule has 17 heavy (non-hydrogen) atoms. The highest BCUT2D eigenvalue weighted by molar-refractivity contribution is 7.05. The van der Waals surface area contributed by atoms with Crippen molar-refractivity contribution in [1.82, 2.24) is 19.4 Å². The molecular formula is C10H13ClN4OS. The Labute approximate surface area is 108 Å². The third kappa shape index (κ3) is 2.20. The molecule has 2 rings (SSSR count). The summed E-state index contributed by atoms with van der Waals surface area (Å²) in [6.45, 7) is 5.78. The van der Waals surface area contributed by atoms with Gasteiger partial charge < -0.3 is 5.11 Å². The monoisotopic (exact) mass is 272 g/mol. The van der Waals surface area contributed by atoms with Gasteiger partial charge in [-0.05, 0) is 32.3 Å². The van der Waals surface area contributed by atoms with Crippen LogP contribution in [0.3, 0.4) is 0 Å². The molecular weight excluding hydrogens is 260 g/mol. The van der Waals surface area contributed by atoms with Crippen molar-refractivity contribution in [1.29, 1.82) is 0 Å². The van der Waals surface area contributed by atoms with E-state index in [0.717, 1.165) is 5.69 Å². The van der Waals surface area contributed by atoms with Crippen LogP contribution in [0.15, 0.2) is 6.20 Å². The Balaban J connectivity index is 2.47. The number of hydrogen-bond acceptors (Lipinski definition) is 5. The number of aryl methyl sites for hydroxylation is 1. The van der Waals surface area contributed by atoms with Crippen LogP contribution in [0.4, 0.5) is 0 Å². The van der Waals surface area contributed by atoms with E-state index < -0.39 is 6.10 Å². The molecule has 2 heterocycles. The highest BCUT2D eigenvalue weighted by atomic mass is 35.5. The summed E-state index contributed by atoms with van der Waals surface area (Å²) in [5, 5.41) is 18.9. The molecule has 1 atom stereocenters. The summed E-state index contributed by atoms with van der Waals surface area (Å²) in [5.41, 5.74) is 1.31. The topological polar surface area (TPSA) is 63.8 Å². The van der Waals surface area contributed by atoms with Gasteiger partial charge in [0.05, 0.1) is 27.5 Å². The number of rotatable bonds is 3. The fourth-order valence-electron chi connectivity index (χ4n) is 1.63. The summed E-state index contributed by atoms with van der Waals surface area (Å²) >= 11 is 7.25. The molecule has 5 nitrogen and oxygen atoms in total. The Hall–Kier alpha value is -0.980. The average Bonchev–Trinajstić information content (AvgIpc) is 2.83. The maximum Gasteiger partial charge on any atom is 0.135 e. The Kier molecular flexibility index (Phi) is 3.46. The third-order valence-electron chi connectivity index (χ3n) is 2.47. The molecule has 0 aliphatic heterocycles. The fourth-order valence-corrected chi connectivity index (χ4v) is 2.50. The van der Waals surface area contributed by atoms with Crippen LogP contribution < -0.4 is 0 Å². The second-order valence-corrected chi connectivity index (χ2v) is 5.23.